The summed E-state index contributed by atoms with van der Waals surface area (Å²) in [5, 5.41) is 0. The lowest BCUT2D eigenvalue weighted by Gasteiger charge is -2.22. The lowest BCUT2D eigenvalue weighted by molar-refractivity contribution is -0.0508. The Bertz CT molecular complexity index is 212. The fraction of sp³-hybridized carbons (Fsp3) is 1.00. The summed E-state index contributed by atoms with van der Waals surface area (Å²) in [7, 11) is 0. The Morgan fingerprint density at radius 1 is 1.18 bits per heavy atom. The quantitative estimate of drug-likeness (QED) is 0.713. The summed E-state index contributed by atoms with van der Waals surface area (Å²) >= 11 is 0. The molecule has 2 heterocycles. The van der Waals surface area contributed by atoms with Gasteiger partial charge >= 0.3 is 0 Å². The molecule has 0 amide bonds. The Labute approximate surface area is 105 Å². The van der Waals surface area contributed by atoms with E-state index >= 15 is 0 Å². The number of hydrogen-bond donors (Lipinski definition) is 0. The van der Waals surface area contributed by atoms with Crippen molar-refractivity contribution in [3.8, 4) is 0 Å². The number of nitrogens with zero attached hydrogens (tertiary/aromatic N) is 1. The average Bonchev–Trinajstić information content (AvgIpc) is 2.99. The van der Waals surface area contributed by atoms with E-state index in [0.29, 0.717) is 0 Å². The molecule has 2 fully saturated rings. The first-order valence-electron chi connectivity index (χ1n) is 7.29. The molecule has 3 heteroatoms. The van der Waals surface area contributed by atoms with E-state index in [9.17, 15) is 0 Å². The van der Waals surface area contributed by atoms with Gasteiger partial charge in [0.05, 0.1) is 13.2 Å². The third-order valence-electron chi connectivity index (χ3n) is 4.40. The van der Waals surface area contributed by atoms with Gasteiger partial charge in [-0.05, 0) is 24.8 Å². The highest BCUT2D eigenvalue weighted by molar-refractivity contribution is 4.80. The van der Waals surface area contributed by atoms with Crippen LogP contribution in [0.3, 0.4) is 0 Å². The SMILES string of the molecule is CCC(CC)C1CCN(CCC2OCCO2)C1. The molecular formula is C14H27NO2. The smallest absolute Gasteiger partial charge is 0.159 e. The minimum absolute atomic E-state index is 0.0715. The topological polar surface area (TPSA) is 21.7 Å². The van der Waals surface area contributed by atoms with Gasteiger partial charge in [0.25, 0.3) is 0 Å². The molecular weight excluding hydrogens is 214 g/mol. The lowest BCUT2D eigenvalue weighted by Crippen LogP contribution is -2.27. The Kier molecular flexibility index (Phi) is 5.26. The van der Waals surface area contributed by atoms with Gasteiger partial charge < -0.3 is 14.4 Å². The molecule has 100 valence electrons. The van der Waals surface area contributed by atoms with E-state index in [-0.39, 0.29) is 6.29 Å². The van der Waals surface area contributed by atoms with E-state index < -0.39 is 0 Å². The van der Waals surface area contributed by atoms with Crippen molar-refractivity contribution >= 4 is 0 Å². The van der Waals surface area contributed by atoms with Crippen molar-refractivity contribution in [3.05, 3.63) is 0 Å². The summed E-state index contributed by atoms with van der Waals surface area (Å²) in [5.74, 6) is 1.86. The van der Waals surface area contributed by atoms with Crippen LogP contribution < -0.4 is 0 Å². The van der Waals surface area contributed by atoms with Crippen LogP contribution in [0.25, 0.3) is 0 Å². The van der Waals surface area contributed by atoms with E-state index in [1.165, 1.54) is 32.4 Å². The summed E-state index contributed by atoms with van der Waals surface area (Å²) in [5.41, 5.74) is 0. The van der Waals surface area contributed by atoms with Crippen molar-refractivity contribution in [3.63, 3.8) is 0 Å². The molecule has 0 bridgehead atoms. The van der Waals surface area contributed by atoms with Crippen molar-refractivity contribution < 1.29 is 9.47 Å². The molecule has 2 aliphatic heterocycles. The Balaban J connectivity index is 1.66. The Hall–Kier alpha value is -0.120. The maximum absolute atomic E-state index is 5.48. The van der Waals surface area contributed by atoms with Crippen molar-refractivity contribution in [2.75, 3.05) is 32.8 Å². The van der Waals surface area contributed by atoms with Gasteiger partial charge in [-0.25, -0.2) is 0 Å². The van der Waals surface area contributed by atoms with Gasteiger partial charge in [0.15, 0.2) is 6.29 Å². The lowest BCUT2D eigenvalue weighted by atomic mass is 9.87. The monoisotopic (exact) mass is 241 g/mol. The fourth-order valence-corrected chi connectivity index (χ4v) is 3.27. The van der Waals surface area contributed by atoms with Crippen LogP contribution in [-0.2, 0) is 9.47 Å². The molecule has 2 rings (SSSR count). The molecule has 2 saturated heterocycles. The third-order valence-corrected chi connectivity index (χ3v) is 4.40. The summed E-state index contributed by atoms with van der Waals surface area (Å²) in [6, 6.07) is 0. The highest BCUT2D eigenvalue weighted by atomic mass is 16.7. The van der Waals surface area contributed by atoms with Gasteiger partial charge in [-0.2, -0.15) is 0 Å². The van der Waals surface area contributed by atoms with Crippen molar-refractivity contribution in [2.24, 2.45) is 11.8 Å². The van der Waals surface area contributed by atoms with Crippen LogP contribution in [0, 0.1) is 11.8 Å². The highest BCUT2D eigenvalue weighted by Gasteiger charge is 2.28. The summed E-state index contributed by atoms with van der Waals surface area (Å²) < 4.78 is 11.0. The third kappa shape index (κ3) is 3.67. The van der Waals surface area contributed by atoms with Gasteiger partial charge in [-0.15, -0.1) is 0 Å². The molecule has 0 aliphatic carbocycles. The van der Waals surface area contributed by atoms with Crippen LogP contribution in [0.15, 0.2) is 0 Å². The van der Waals surface area contributed by atoms with Crippen LogP contribution >= 0.6 is 0 Å². The Morgan fingerprint density at radius 2 is 1.88 bits per heavy atom. The van der Waals surface area contributed by atoms with Crippen LogP contribution in [0.2, 0.25) is 0 Å². The van der Waals surface area contributed by atoms with Crippen LogP contribution in [0.4, 0.5) is 0 Å². The minimum atomic E-state index is 0.0715. The molecule has 0 N–H and O–H groups in total. The first-order chi connectivity index (χ1) is 8.33. The zero-order valence-corrected chi connectivity index (χ0v) is 11.4. The fourth-order valence-electron chi connectivity index (χ4n) is 3.27. The van der Waals surface area contributed by atoms with E-state index in [1.807, 2.05) is 0 Å². The van der Waals surface area contributed by atoms with Crippen molar-refractivity contribution in [1.82, 2.24) is 4.90 Å². The second-order valence-electron chi connectivity index (χ2n) is 5.39. The minimum Gasteiger partial charge on any atom is -0.350 e. The molecule has 0 aromatic carbocycles. The van der Waals surface area contributed by atoms with Gasteiger partial charge in [0, 0.05) is 19.5 Å². The number of likely N-dealkylation sites (tertiary alicyclic amines) is 1. The van der Waals surface area contributed by atoms with Crippen molar-refractivity contribution in [2.45, 2.75) is 45.8 Å². The van der Waals surface area contributed by atoms with E-state index in [4.69, 9.17) is 9.47 Å². The van der Waals surface area contributed by atoms with Gasteiger partial charge in [0.2, 0.25) is 0 Å². The number of hydrogen-bond acceptors (Lipinski definition) is 3. The molecule has 0 saturated carbocycles. The molecule has 0 aromatic rings. The van der Waals surface area contributed by atoms with Crippen LogP contribution in [0.5, 0.6) is 0 Å². The maximum atomic E-state index is 5.48. The molecule has 1 unspecified atom stereocenters. The van der Waals surface area contributed by atoms with Crippen LogP contribution in [-0.4, -0.2) is 44.0 Å². The average molecular weight is 241 g/mol. The van der Waals surface area contributed by atoms with E-state index in [1.54, 1.807) is 0 Å². The number of rotatable bonds is 6. The first-order valence-corrected chi connectivity index (χ1v) is 7.29. The van der Waals surface area contributed by atoms with E-state index in [0.717, 1.165) is 38.0 Å². The summed E-state index contributed by atoms with van der Waals surface area (Å²) in [4.78, 5) is 2.59. The van der Waals surface area contributed by atoms with Gasteiger partial charge in [-0.3, -0.25) is 0 Å². The van der Waals surface area contributed by atoms with Gasteiger partial charge in [-0.1, -0.05) is 26.7 Å². The molecule has 0 spiro atoms. The molecule has 0 aromatic heterocycles. The summed E-state index contributed by atoms with van der Waals surface area (Å²) in [6.45, 7) is 9.92. The zero-order chi connectivity index (χ0) is 12.1. The second-order valence-corrected chi connectivity index (χ2v) is 5.39. The standard InChI is InChI=1S/C14H27NO2/c1-3-12(4-2)13-5-7-15(11-13)8-6-14-16-9-10-17-14/h12-14H,3-11H2,1-2H3. The van der Waals surface area contributed by atoms with Crippen molar-refractivity contribution in [1.29, 1.82) is 0 Å². The zero-order valence-electron chi connectivity index (χ0n) is 11.4. The van der Waals surface area contributed by atoms with Crippen LogP contribution in [0.1, 0.15) is 39.5 Å². The molecule has 3 nitrogen and oxygen atoms in total. The molecule has 1 atom stereocenters. The second kappa shape index (κ2) is 6.72. The Morgan fingerprint density at radius 3 is 2.53 bits per heavy atom. The molecule has 17 heavy (non-hydrogen) atoms. The number of ether oxygens (including phenoxy) is 2. The maximum Gasteiger partial charge on any atom is 0.159 e. The largest absolute Gasteiger partial charge is 0.350 e. The summed E-state index contributed by atoms with van der Waals surface area (Å²) in [6.07, 6.45) is 5.17. The van der Waals surface area contributed by atoms with Gasteiger partial charge in [0.1, 0.15) is 0 Å². The highest BCUT2D eigenvalue weighted by Crippen LogP contribution is 2.28. The normalized spacial score (nSPS) is 27.4. The molecule has 2 aliphatic rings. The first kappa shape index (κ1) is 13.3. The predicted molar refractivity (Wildman–Crippen MR) is 68.9 cm³/mol. The molecule has 0 radical (unpaired) electrons. The predicted octanol–water partition coefficient (Wildman–Crippen LogP) is 2.51. The van der Waals surface area contributed by atoms with E-state index in [2.05, 4.69) is 18.7 Å².